The molecule has 0 aliphatic carbocycles. The quantitative estimate of drug-likeness (QED) is 0.920. The van der Waals surface area contributed by atoms with Crippen LogP contribution in [0, 0.1) is 0 Å². The van der Waals surface area contributed by atoms with Crippen LogP contribution in [0.4, 0.5) is 5.95 Å². The third-order valence-electron chi connectivity index (χ3n) is 3.03. The zero-order chi connectivity index (χ0) is 13.1. The molecule has 0 spiro atoms. The summed E-state index contributed by atoms with van der Waals surface area (Å²) in [5, 5.41) is 1.67. The van der Waals surface area contributed by atoms with Crippen LogP contribution in [-0.2, 0) is 6.42 Å². The molecule has 0 radical (unpaired) electrons. The molecule has 1 aliphatic heterocycles. The minimum atomic E-state index is 0.349. The molecular weight excluding hydrogens is 264 g/mol. The van der Waals surface area contributed by atoms with E-state index in [1.165, 1.54) is 0 Å². The van der Waals surface area contributed by atoms with Gasteiger partial charge in [-0.15, -0.1) is 11.8 Å². The maximum Gasteiger partial charge on any atom is 0.223 e. The fraction of sp³-hybridized carbons (Fsp3) is 0.750. The van der Waals surface area contributed by atoms with Gasteiger partial charge in [0, 0.05) is 22.7 Å². The second-order valence-corrected chi connectivity index (χ2v) is 7.58. The van der Waals surface area contributed by atoms with Crippen LogP contribution in [0.3, 0.4) is 0 Å². The van der Waals surface area contributed by atoms with Gasteiger partial charge in [0.25, 0.3) is 0 Å². The molecule has 6 heteroatoms. The third kappa shape index (κ3) is 3.29. The molecule has 0 saturated carbocycles. The van der Waals surface area contributed by atoms with E-state index < -0.39 is 0 Å². The maximum absolute atomic E-state index is 5.78. The van der Waals surface area contributed by atoms with Gasteiger partial charge in [-0.1, -0.05) is 20.8 Å². The number of nitrogens with two attached hydrogens (primary N) is 1. The summed E-state index contributed by atoms with van der Waals surface area (Å²) in [5.41, 5.74) is 5.78. The largest absolute Gasteiger partial charge is 0.368 e. The van der Waals surface area contributed by atoms with Gasteiger partial charge in [-0.2, -0.15) is 21.7 Å². The first-order chi connectivity index (χ1) is 8.60. The maximum atomic E-state index is 5.78. The molecule has 2 rings (SSSR count). The zero-order valence-corrected chi connectivity index (χ0v) is 12.7. The number of nitrogens with zero attached hydrogens (tertiary/aromatic N) is 3. The zero-order valence-electron chi connectivity index (χ0n) is 11.1. The summed E-state index contributed by atoms with van der Waals surface area (Å²) in [6, 6.07) is 0. The Hall–Kier alpha value is -0.490. The van der Waals surface area contributed by atoms with Crippen LogP contribution in [0.25, 0.3) is 0 Å². The van der Waals surface area contributed by atoms with Gasteiger partial charge in [0.15, 0.2) is 0 Å². The number of hydrogen-bond donors (Lipinski definition) is 1. The monoisotopic (exact) mass is 284 g/mol. The van der Waals surface area contributed by atoms with Gasteiger partial charge in [0.05, 0.1) is 5.25 Å². The van der Waals surface area contributed by atoms with Crippen LogP contribution in [0.5, 0.6) is 0 Å². The van der Waals surface area contributed by atoms with E-state index in [1.54, 1.807) is 0 Å². The Labute approximate surface area is 117 Å². The molecular formula is C12H20N4S2. The summed E-state index contributed by atoms with van der Waals surface area (Å²) in [6.45, 7) is 6.67. The van der Waals surface area contributed by atoms with E-state index in [-0.39, 0.29) is 0 Å². The molecule has 4 nitrogen and oxygen atoms in total. The normalized spacial score (nSPS) is 28.3. The first-order valence-corrected chi connectivity index (χ1v) is 8.36. The average Bonchev–Trinajstić information content (AvgIpc) is 2.32. The highest BCUT2D eigenvalue weighted by Crippen LogP contribution is 2.43. The van der Waals surface area contributed by atoms with E-state index in [0.717, 1.165) is 30.2 Å². The predicted molar refractivity (Wildman–Crippen MR) is 79.9 cm³/mol. The number of thioether (sulfide) groups is 2. The summed E-state index contributed by atoms with van der Waals surface area (Å²) in [7, 11) is 0. The first kappa shape index (κ1) is 13.9. The van der Waals surface area contributed by atoms with Crippen molar-refractivity contribution >= 4 is 29.5 Å². The molecule has 3 unspecified atom stereocenters. The molecule has 0 amide bonds. The summed E-state index contributed by atoms with van der Waals surface area (Å²) < 4.78 is 0. The lowest BCUT2D eigenvalue weighted by Gasteiger charge is -2.30. The standard InChI is InChI=1S/C12H20N4S2/c1-4-5-10-14-11(16-12(13)15-10)9-6-17-7(2)8(3)18-9/h7-9H,4-6H2,1-3H3,(H2,13,14,15,16). The number of hydrogen-bond acceptors (Lipinski definition) is 6. The van der Waals surface area contributed by atoms with Gasteiger partial charge in [-0.3, -0.25) is 0 Å². The van der Waals surface area contributed by atoms with E-state index in [9.17, 15) is 0 Å². The van der Waals surface area contributed by atoms with E-state index in [2.05, 4.69) is 35.7 Å². The Bertz CT molecular complexity index is 413. The average molecular weight is 284 g/mol. The first-order valence-electron chi connectivity index (χ1n) is 6.37. The molecule has 1 saturated heterocycles. The van der Waals surface area contributed by atoms with Gasteiger partial charge < -0.3 is 5.73 Å². The molecule has 2 heterocycles. The van der Waals surface area contributed by atoms with Crippen molar-refractivity contribution in [1.29, 1.82) is 0 Å². The minimum Gasteiger partial charge on any atom is -0.368 e. The van der Waals surface area contributed by atoms with Crippen molar-refractivity contribution in [3.8, 4) is 0 Å². The molecule has 1 aromatic heterocycles. The number of anilines is 1. The lowest BCUT2D eigenvalue weighted by atomic mass is 10.3. The topological polar surface area (TPSA) is 64.7 Å². The lowest BCUT2D eigenvalue weighted by molar-refractivity contribution is 0.776. The Kier molecular flexibility index (Phi) is 4.72. The Morgan fingerprint density at radius 2 is 2.00 bits per heavy atom. The van der Waals surface area contributed by atoms with Crippen molar-refractivity contribution in [2.75, 3.05) is 11.5 Å². The summed E-state index contributed by atoms with van der Waals surface area (Å²) >= 11 is 3.95. The lowest BCUT2D eigenvalue weighted by Crippen LogP contribution is -2.23. The Balaban J connectivity index is 2.17. The van der Waals surface area contributed by atoms with Crippen LogP contribution >= 0.6 is 23.5 Å². The van der Waals surface area contributed by atoms with Crippen molar-refractivity contribution in [1.82, 2.24) is 15.0 Å². The van der Waals surface area contributed by atoms with Crippen molar-refractivity contribution in [2.45, 2.75) is 49.4 Å². The van der Waals surface area contributed by atoms with Crippen molar-refractivity contribution in [3.63, 3.8) is 0 Å². The fourth-order valence-electron chi connectivity index (χ4n) is 1.86. The van der Waals surface area contributed by atoms with Crippen LogP contribution in [0.2, 0.25) is 0 Å². The molecule has 1 aromatic rings. The van der Waals surface area contributed by atoms with Crippen LogP contribution in [0.15, 0.2) is 0 Å². The smallest absolute Gasteiger partial charge is 0.223 e. The second kappa shape index (κ2) is 6.10. The van der Waals surface area contributed by atoms with E-state index in [1.807, 2.05) is 23.5 Å². The molecule has 1 aliphatic rings. The number of rotatable bonds is 3. The third-order valence-corrected chi connectivity index (χ3v) is 6.42. The molecule has 0 aromatic carbocycles. The van der Waals surface area contributed by atoms with Gasteiger partial charge >= 0.3 is 0 Å². The number of aryl methyl sites for hydroxylation is 1. The number of aromatic nitrogens is 3. The molecule has 18 heavy (non-hydrogen) atoms. The summed E-state index contributed by atoms with van der Waals surface area (Å²) in [5.74, 6) is 3.12. The van der Waals surface area contributed by atoms with Crippen LogP contribution in [0.1, 0.15) is 44.1 Å². The van der Waals surface area contributed by atoms with E-state index >= 15 is 0 Å². The van der Waals surface area contributed by atoms with Crippen LogP contribution < -0.4 is 5.73 Å². The fourth-order valence-corrected chi connectivity index (χ4v) is 4.70. The SMILES string of the molecule is CCCc1nc(N)nc(C2CSC(C)C(C)S2)n1. The highest BCUT2D eigenvalue weighted by atomic mass is 32.2. The minimum absolute atomic E-state index is 0.349. The molecule has 1 fully saturated rings. The highest BCUT2D eigenvalue weighted by molar-refractivity contribution is 8.07. The Morgan fingerprint density at radius 3 is 2.67 bits per heavy atom. The second-order valence-electron chi connectivity index (χ2n) is 4.59. The van der Waals surface area contributed by atoms with E-state index in [4.69, 9.17) is 5.73 Å². The van der Waals surface area contributed by atoms with Crippen molar-refractivity contribution in [2.24, 2.45) is 0 Å². The summed E-state index contributed by atoms with van der Waals surface area (Å²) in [6.07, 6.45) is 1.90. The predicted octanol–water partition coefficient (Wildman–Crippen LogP) is 2.70. The molecule has 100 valence electrons. The van der Waals surface area contributed by atoms with Gasteiger partial charge in [-0.25, -0.2) is 4.98 Å². The van der Waals surface area contributed by atoms with Crippen molar-refractivity contribution < 1.29 is 0 Å². The van der Waals surface area contributed by atoms with Gasteiger partial charge in [0.2, 0.25) is 5.95 Å². The van der Waals surface area contributed by atoms with Crippen molar-refractivity contribution in [3.05, 3.63) is 11.6 Å². The number of nitrogen functional groups attached to an aromatic ring is 1. The van der Waals surface area contributed by atoms with Crippen LogP contribution in [-0.4, -0.2) is 31.2 Å². The molecule has 2 N–H and O–H groups in total. The summed E-state index contributed by atoms with van der Waals surface area (Å²) in [4.78, 5) is 13.1. The van der Waals surface area contributed by atoms with E-state index in [0.29, 0.717) is 21.7 Å². The Morgan fingerprint density at radius 1 is 1.22 bits per heavy atom. The van der Waals surface area contributed by atoms with Gasteiger partial charge in [-0.05, 0) is 6.42 Å². The molecule has 0 bridgehead atoms. The van der Waals surface area contributed by atoms with Gasteiger partial charge in [0.1, 0.15) is 11.6 Å². The highest BCUT2D eigenvalue weighted by Gasteiger charge is 2.28. The molecule has 3 atom stereocenters.